The highest BCUT2D eigenvalue weighted by molar-refractivity contribution is 7.98. The Morgan fingerprint density at radius 1 is 1.24 bits per heavy atom. The first-order valence-electron chi connectivity index (χ1n) is 8.42. The minimum atomic E-state index is -0.459. The lowest BCUT2D eigenvalue weighted by molar-refractivity contribution is -0.128. The molecule has 0 saturated carbocycles. The maximum atomic E-state index is 12.3. The molecule has 2 aromatic carbocycles. The van der Waals surface area contributed by atoms with E-state index >= 15 is 0 Å². The molecular weight excluding hydrogens is 354 g/mol. The van der Waals surface area contributed by atoms with Gasteiger partial charge in [0, 0.05) is 23.1 Å². The molecule has 0 spiro atoms. The van der Waals surface area contributed by atoms with Gasteiger partial charge in [-0.2, -0.15) is 11.8 Å². The van der Waals surface area contributed by atoms with E-state index in [2.05, 4.69) is 11.4 Å². The van der Waals surface area contributed by atoms with Crippen molar-refractivity contribution in [1.29, 1.82) is 0 Å². The third-order valence-electron chi connectivity index (χ3n) is 3.73. The molecule has 134 valence electrons. The summed E-state index contributed by atoms with van der Waals surface area (Å²) in [6.07, 6.45) is 0.176. The normalized spacial score (nSPS) is 11.8. The number of ether oxygens (including phenoxy) is 1. The first kappa shape index (κ1) is 19.7. The van der Waals surface area contributed by atoms with E-state index in [0.717, 1.165) is 27.8 Å². The van der Waals surface area contributed by atoms with Gasteiger partial charge in [-0.3, -0.25) is 4.79 Å². The van der Waals surface area contributed by atoms with Gasteiger partial charge in [0.2, 0.25) is 0 Å². The predicted octanol–water partition coefficient (Wildman–Crippen LogP) is 4.86. The Labute approximate surface area is 159 Å². The minimum absolute atomic E-state index is 0.0610. The average molecular weight is 378 g/mol. The molecule has 0 bridgehead atoms. The summed E-state index contributed by atoms with van der Waals surface area (Å²) in [5.74, 6) is 2.43. The standard InChI is InChI=1S/C20H24ClNO2S/c1-3-18(24-19-10-5-4-7-15(19)2)20(23)22-11-12-25-14-16-8-6-9-17(21)13-16/h4-10,13,18H,3,11-12,14H2,1-2H3,(H,22,23)/t18-/m0/s1. The molecule has 0 fully saturated rings. The summed E-state index contributed by atoms with van der Waals surface area (Å²) in [5, 5.41) is 3.72. The number of aryl methyl sites for hydroxylation is 1. The first-order valence-corrected chi connectivity index (χ1v) is 9.95. The number of carbonyl (C=O) groups is 1. The molecule has 25 heavy (non-hydrogen) atoms. The number of nitrogens with one attached hydrogen (secondary N) is 1. The second-order valence-electron chi connectivity index (χ2n) is 5.75. The lowest BCUT2D eigenvalue weighted by Gasteiger charge is -2.18. The second kappa shape index (κ2) is 10.4. The molecule has 5 heteroatoms. The van der Waals surface area contributed by atoms with Crippen molar-refractivity contribution in [3.8, 4) is 5.75 Å². The summed E-state index contributed by atoms with van der Waals surface area (Å²) in [6, 6.07) is 15.6. The first-order chi connectivity index (χ1) is 12.1. The van der Waals surface area contributed by atoms with Gasteiger partial charge >= 0.3 is 0 Å². The number of thioether (sulfide) groups is 1. The molecule has 0 aliphatic carbocycles. The van der Waals surface area contributed by atoms with E-state index in [1.807, 2.05) is 56.3 Å². The number of para-hydroxylation sites is 1. The van der Waals surface area contributed by atoms with Crippen molar-refractivity contribution in [1.82, 2.24) is 5.32 Å². The van der Waals surface area contributed by atoms with Gasteiger partial charge < -0.3 is 10.1 Å². The Hall–Kier alpha value is -1.65. The summed E-state index contributed by atoms with van der Waals surface area (Å²) in [7, 11) is 0. The number of halogens is 1. The maximum absolute atomic E-state index is 12.3. The molecule has 0 aliphatic heterocycles. The molecule has 2 rings (SSSR count). The summed E-state index contributed by atoms with van der Waals surface area (Å²) in [5.41, 5.74) is 2.23. The van der Waals surface area contributed by atoms with Gasteiger partial charge in [-0.05, 0) is 42.7 Å². The van der Waals surface area contributed by atoms with Gasteiger partial charge in [-0.15, -0.1) is 0 Å². The van der Waals surface area contributed by atoms with E-state index in [0.29, 0.717) is 13.0 Å². The Morgan fingerprint density at radius 2 is 2.04 bits per heavy atom. The zero-order chi connectivity index (χ0) is 18.1. The molecule has 0 saturated heterocycles. The van der Waals surface area contributed by atoms with Gasteiger partial charge in [-0.1, -0.05) is 48.9 Å². The highest BCUT2D eigenvalue weighted by atomic mass is 35.5. The van der Waals surface area contributed by atoms with Gasteiger partial charge in [0.1, 0.15) is 5.75 Å². The molecule has 2 aromatic rings. The zero-order valence-electron chi connectivity index (χ0n) is 14.6. The molecule has 0 unspecified atom stereocenters. The van der Waals surface area contributed by atoms with E-state index in [4.69, 9.17) is 16.3 Å². The number of rotatable bonds is 9. The third-order valence-corrected chi connectivity index (χ3v) is 4.99. The van der Waals surface area contributed by atoms with Crippen LogP contribution in [0.25, 0.3) is 0 Å². The van der Waals surface area contributed by atoms with Crippen LogP contribution in [0.3, 0.4) is 0 Å². The van der Waals surface area contributed by atoms with Crippen LogP contribution < -0.4 is 10.1 Å². The SMILES string of the molecule is CC[C@H](Oc1ccccc1C)C(=O)NCCSCc1cccc(Cl)c1. The van der Waals surface area contributed by atoms with Crippen molar-refractivity contribution in [3.05, 3.63) is 64.7 Å². The topological polar surface area (TPSA) is 38.3 Å². The molecule has 1 amide bonds. The molecule has 0 aromatic heterocycles. The van der Waals surface area contributed by atoms with Crippen LogP contribution in [-0.4, -0.2) is 24.3 Å². The summed E-state index contributed by atoms with van der Waals surface area (Å²) in [6.45, 7) is 4.56. The fourth-order valence-electron chi connectivity index (χ4n) is 2.34. The minimum Gasteiger partial charge on any atom is -0.480 e. The largest absolute Gasteiger partial charge is 0.480 e. The van der Waals surface area contributed by atoms with Crippen LogP contribution in [0.5, 0.6) is 5.75 Å². The molecule has 0 aliphatic rings. The quantitative estimate of drug-likeness (QED) is 0.634. The highest BCUT2D eigenvalue weighted by Gasteiger charge is 2.18. The van der Waals surface area contributed by atoms with Crippen LogP contribution in [0.2, 0.25) is 5.02 Å². The van der Waals surface area contributed by atoms with Gasteiger partial charge in [0.25, 0.3) is 5.91 Å². The van der Waals surface area contributed by atoms with Crippen molar-refractivity contribution < 1.29 is 9.53 Å². The lowest BCUT2D eigenvalue weighted by Crippen LogP contribution is -2.39. The van der Waals surface area contributed by atoms with Crippen molar-refractivity contribution in [3.63, 3.8) is 0 Å². The number of hydrogen-bond acceptors (Lipinski definition) is 3. The number of amides is 1. The van der Waals surface area contributed by atoms with Gasteiger partial charge in [0.15, 0.2) is 6.10 Å². The Morgan fingerprint density at radius 3 is 2.76 bits per heavy atom. The van der Waals surface area contributed by atoms with Crippen molar-refractivity contribution in [2.45, 2.75) is 32.1 Å². The zero-order valence-corrected chi connectivity index (χ0v) is 16.2. The predicted molar refractivity (Wildman–Crippen MR) is 107 cm³/mol. The van der Waals surface area contributed by atoms with Crippen LogP contribution >= 0.6 is 23.4 Å². The van der Waals surface area contributed by atoms with Crippen LogP contribution in [-0.2, 0) is 10.5 Å². The van der Waals surface area contributed by atoms with Crippen LogP contribution in [0.1, 0.15) is 24.5 Å². The molecule has 0 heterocycles. The van der Waals surface area contributed by atoms with Gasteiger partial charge in [-0.25, -0.2) is 0 Å². The smallest absolute Gasteiger partial charge is 0.261 e. The van der Waals surface area contributed by atoms with E-state index < -0.39 is 6.10 Å². The Bertz CT molecular complexity index is 693. The number of benzene rings is 2. The van der Waals surface area contributed by atoms with Crippen molar-refractivity contribution in [2.24, 2.45) is 0 Å². The van der Waals surface area contributed by atoms with Crippen molar-refractivity contribution in [2.75, 3.05) is 12.3 Å². The summed E-state index contributed by atoms with van der Waals surface area (Å²) < 4.78 is 5.86. The van der Waals surface area contributed by atoms with Gasteiger partial charge in [0.05, 0.1) is 0 Å². The second-order valence-corrected chi connectivity index (χ2v) is 7.30. The monoisotopic (exact) mass is 377 g/mol. The van der Waals surface area contributed by atoms with E-state index in [9.17, 15) is 4.79 Å². The van der Waals surface area contributed by atoms with E-state index in [1.54, 1.807) is 11.8 Å². The Balaban J connectivity index is 1.72. The fourth-order valence-corrected chi connectivity index (χ4v) is 3.36. The fraction of sp³-hybridized carbons (Fsp3) is 0.350. The van der Waals surface area contributed by atoms with Crippen LogP contribution in [0.4, 0.5) is 0 Å². The van der Waals surface area contributed by atoms with Crippen molar-refractivity contribution >= 4 is 29.3 Å². The third kappa shape index (κ3) is 6.63. The summed E-state index contributed by atoms with van der Waals surface area (Å²) in [4.78, 5) is 12.3. The van der Waals surface area contributed by atoms with Crippen LogP contribution in [0.15, 0.2) is 48.5 Å². The summed E-state index contributed by atoms with van der Waals surface area (Å²) >= 11 is 7.74. The lowest BCUT2D eigenvalue weighted by atomic mass is 10.2. The molecule has 1 atom stereocenters. The molecule has 1 N–H and O–H groups in total. The molecular formula is C20H24ClNO2S. The van der Waals surface area contributed by atoms with Crippen LogP contribution in [0, 0.1) is 6.92 Å². The highest BCUT2D eigenvalue weighted by Crippen LogP contribution is 2.19. The number of carbonyl (C=O) groups excluding carboxylic acids is 1. The van der Waals surface area contributed by atoms with E-state index in [1.165, 1.54) is 5.56 Å². The number of hydrogen-bond donors (Lipinski definition) is 1. The molecule has 3 nitrogen and oxygen atoms in total. The van der Waals surface area contributed by atoms with E-state index in [-0.39, 0.29) is 5.91 Å². The molecule has 0 radical (unpaired) electrons. The Kier molecular flexibility index (Phi) is 8.16. The maximum Gasteiger partial charge on any atom is 0.261 e. The average Bonchev–Trinajstić information content (AvgIpc) is 2.60.